The average Bonchev–Trinajstić information content (AvgIpc) is 2.45. The van der Waals surface area contributed by atoms with Crippen LogP contribution in [0.5, 0.6) is 0 Å². The number of nitrogens with zero attached hydrogens (tertiary/aromatic N) is 2. The van der Waals surface area contributed by atoms with Crippen molar-refractivity contribution >= 4 is 29.0 Å². The first-order valence-electron chi connectivity index (χ1n) is 6.81. The molecule has 0 radical (unpaired) electrons. The van der Waals surface area contributed by atoms with Crippen molar-refractivity contribution in [2.75, 3.05) is 24.6 Å². The van der Waals surface area contributed by atoms with Crippen LogP contribution in [0.25, 0.3) is 0 Å². The normalized spacial score (nSPS) is 19.7. The Morgan fingerprint density at radius 2 is 2.37 bits per heavy atom. The third-order valence-electron chi connectivity index (χ3n) is 3.27. The summed E-state index contributed by atoms with van der Waals surface area (Å²) in [6.07, 6.45) is 5.38. The fraction of sp³-hybridized carbons (Fsp3) is 0.643. The van der Waals surface area contributed by atoms with Crippen LogP contribution in [0.15, 0.2) is 12.3 Å². The Balaban J connectivity index is 2.04. The first-order valence-corrected chi connectivity index (χ1v) is 7.72. The summed E-state index contributed by atoms with van der Waals surface area (Å²) >= 11 is 12.1. The number of piperidine rings is 1. The molecule has 1 aromatic heterocycles. The minimum absolute atomic E-state index is 0.291. The summed E-state index contributed by atoms with van der Waals surface area (Å²) in [4.78, 5) is 6.65. The predicted molar refractivity (Wildman–Crippen MR) is 80.3 cm³/mol. The lowest BCUT2D eigenvalue weighted by Crippen LogP contribution is -2.40. The zero-order valence-electron chi connectivity index (χ0n) is 11.2. The summed E-state index contributed by atoms with van der Waals surface area (Å²) in [5.41, 5.74) is 0.950. The number of pyridine rings is 1. The van der Waals surface area contributed by atoms with E-state index in [1.165, 1.54) is 0 Å². The van der Waals surface area contributed by atoms with Gasteiger partial charge in [-0.05, 0) is 30.9 Å². The van der Waals surface area contributed by atoms with E-state index in [2.05, 4.69) is 16.8 Å². The number of aromatic nitrogens is 1. The van der Waals surface area contributed by atoms with Gasteiger partial charge in [0.2, 0.25) is 0 Å². The number of ether oxygens (including phenoxy) is 1. The second-order valence-electron chi connectivity index (χ2n) is 4.86. The summed E-state index contributed by atoms with van der Waals surface area (Å²) in [7, 11) is 0. The highest BCUT2D eigenvalue weighted by molar-refractivity contribution is 6.33. The first-order chi connectivity index (χ1) is 9.24. The highest BCUT2D eigenvalue weighted by Crippen LogP contribution is 2.27. The van der Waals surface area contributed by atoms with Crippen LogP contribution in [-0.4, -0.2) is 30.8 Å². The molecule has 1 unspecified atom stereocenters. The molecule has 1 saturated heterocycles. The summed E-state index contributed by atoms with van der Waals surface area (Å²) in [6, 6.07) is 1.90. The van der Waals surface area contributed by atoms with E-state index >= 15 is 0 Å². The SMILES string of the molecule is CCCOC1CCCN(c2ncc(CCl)cc2Cl)C1. The topological polar surface area (TPSA) is 25.4 Å². The molecule has 0 amide bonds. The van der Waals surface area contributed by atoms with Gasteiger partial charge in [-0.15, -0.1) is 11.6 Å². The Hall–Kier alpha value is -0.510. The Morgan fingerprint density at radius 3 is 3.05 bits per heavy atom. The lowest BCUT2D eigenvalue weighted by Gasteiger charge is -2.34. The Kier molecular flexibility index (Phi) is 5.74. The molecular formula is C14H20Cl2N2O. The number of hydrogen-bond acceptors (Lipinski definition) is 3. The van der Waals surface area contributed by atoms with Crippen LogP contribution in [0.1, 0.15) is 31.7 Å². The fourth-order valence-corrected chi connectivity index (χ4v) is 2.78. The van der Waals surface area contributed by atoms with E-state index < -0.39 is 0 Å². The monoisotopic (exact) mass is 302 g/mol. The van der Waals surface area contributed by atoms with E-state index in [4.69, 9.17) is 27.9 Å². The summed E-state index contributed by atoms with van der Waals surface area (Å²) in [5.74, 6) is 1.29. The molecule has 1 aromatic rings. The maximum atomic E-state index is 6.29. The number of halogens is 2. The second kappa shape index (κ2) is 7.32. The molecule has 2 heterocycles. The van der Waals surface area contributed by atoms with Crippen molar-refractivity contribution in [3.05, 3.63) is 22.8 Å². The smallest absolute Gasteiger partial charge is 0.147 e. The number of rotatable bonds is 5. The molecule has 106 valence electrons. The van der Waals surface area contributed by atoms with Gasteiger partial charge >= 0.3 is 0 Å². The van der Waals surface area contributed by atoms with Crippen molar-refractivity contribution in [2.24, 2.45) is 0 Å². The van der Waals surface area contributed by atoms with Crippen molar-refractivity contribution in [2.45, 2.75) is 38.2 Å². The number of hydrogen-bond donors (Lipinski definition) is 0. The Morgan fingerprint density at radius 1 is 1.53 bits per heavy atom. The largest absolute Gasteiger partial charge is 0.376 e. The third-order valence-corrected chi connectivity index (χ3v) is 3.85. The quantitative estimate of drug-likeness (QED) is 0.772. The Labute approximate surface area is 124 Å². The van der Waals surface area contributed by atoms with Gasteiger partial charge in [-0.1, -0.05) is 18.5 Å². The van der Waals surface area contributed by atoms with E-state index in [9.17, 15) is 0 Å². The third kappa shape index (κ3) is 3.98. The molecule has 0 aliphatic carbocycles. The van der Waals surface area contributed by atoms with Crippen LogP contribution in [0.3, 0.4) is 0 Å². The van der Waals surface area contributed by atoms with Crippen LogP contribution in [0, 0.1) is 0 Å². The minimum atomic E-state index is 0.291. The fourth-order valence-electron chi connectivity index (χ4n) is 2.33. The second-order valence-corrected chi connectivity index (χ2v) is 5.54. The maximum Gasteiger partial charge on any atom is 0.147 e. The average molecular weight is 303 g/mol. The van der Waals surface area contributed by atoms with Gasteiger partial charge < -0.3 is 9.64 Å². The highest BCUT2D eigenvalue weighted by Gasteiger charge is 2.22. The van der Waals surface area contributed by atoms with Gasteiger partial charge in [0.05, 0.1) is 11.1 Å². The van der Waals surface area contributed by atoms with Gasteiger partial charge in [0.15, 0.2) is 0 Å². The maximum absolute atomic E-state index is 6.29. The van der Waals surface area contributed by atoms with Crippen molar-refractivity contribution < 1.29 is 4.74 Å². The van der Waals surface area contributed by atoms with Gasteiger partial charge in [-0.2, -0.15) is 0 Å². The first kappa shape index (κ1) is 14.9. The zero-order chi connectivity index (χ0) is 13.7. The van der Waals surface area contributed by atoms with Crippen LogP contribution < -0.4 is 4.90 Å². The standard InChI is InChI=1S/C14H20Cl2N2O/c1-2-6-19-12-4-3-5-18(10-12)14-13(16)7-11(8-15)9-17-14/h7,9,12H,2-6,8,10H2,1H3. The molecule has 5 heteroatoms. The molecule has 1 atom stereocenters. The molecular weight excluding hydrogens is 283 g/mol. The van der Waals surface area contributed by atoms with Gasteiger partial charge in [0, 0.05) is 31.8 Å². The van der Waals surface area contributed by atoms with E-state index in [1.807, 2.05) is 6.07 Å². The summed E-state index contributed by atoms with van der Waals surface area (Å²) in [5, 5.41) is 0.675. The van der Waals surface area contributed by atoms with Crippen molar-refractivity contribution in [1.82, 2.24) is 4.98 Å². The summed E-state index contributed by atoms with van der Waals surface area (Å²) < 4.78 is 5.83. The van der Waals surface area contributed by atoms with Gasteiger partial charge in [0.1, 0.15) is 5.82 Å². The van der Waals surface area contributed by atoms with Crippen LogP contribution >= 0.6 is 23.2 Å². The lowest BCUT2D eigenvalue weighted by molar-refractivity contribution is 0.0439. The molecule has 19 heavy (non-hydrogen) atoms. The van der Waals surface area contributed by atoms with E-state index in [0.717, 1.165) is 50.3 Å². The van der Waals surface area contributed by atoms with Gasteiger partial charge in [-0.3, -0.25) is 0 Å². The molecule has 3 nitrogen and oxygen atoms in total. The van der Waals surface area contributed by atoms with Crippen molar-refractivity contribution in [3.8, 4) is 0 Å². The Bertz CT molecular complexity index is 414. The van der Waals surface area contributed by atoms with Gasteiger partial charge in [0.25, 0.3) is 0 Å². The zero-order valence-corrected chi connectivity index (χ0v) is 12.8. The van der Waals surface area contributed by atoms with Crippen molar-refractivity contribution in [1.29, 1.82) is 0 Å². The van der Waals surface area contributed by atoms with E-state index in [0.29, 0.717) is 17.0 Å². The molecule has 1 aliphatic heterocycles. The molecule has 2 rings (SSSR count). The van der Waals surface area contributed by atoms with Crippen LogP contribution in [0.2, 0.25) is 5.02 Å². The molecule has 1 fully saturated rings. The molecule has 0 saturated carbocycles. The summed E-state index contributed by atoms with van der Waals surface area (Å²) in [6.45, 7) is 4.81. The van der Waals surface area contributed by atoms with Crippen molar-refractivity contribution in [3.63, 3.8) is 0 Å². The highest BCUT2D eigenvalue weighted by atomic mass is 35.5. The van der Waals surface area contributed by atoms with Crippen LogP contribution in [0.4, 0.5) is 5.82 Å². The van der Waals surface area contributed by atoms with E-state index in [1.54, 1.807) is 6.20 Å². The van der Waals surface area contributed by atoms with E-state index in [-0.39, 0.29) is 0 Å². The molecule has 0 N–H and O–H groups in total. The lowest BCUT2D eigenvalue weighted by atomic mass is 10.1. The molecule has 0 spiro atoms. The van der Waals surface area contributed by atoms with Gasteiger partial charge in [-0.25, -0.2) is 4.98 Å². The minimum Gasteiger partial charge on any atom is -0.376 e. The number of alkyl halides is 1. The predicted octanol–water partition coefficient (Wildman–Crippen LogP) is 3.87. The van der Waals surface area contributed by atoms with Crippen LogP contribution in [-0.2, 0) is 10.6 Å². The number of anilines is 1. The molecule has 1 aliphatic rings. The molecule has 0 aromatic carbocycles. The molecule has 0 bridgehead atoms.